The molecule has 2 N–H and O–H groups in total. The van der Waals surface area contributed by atoms with Gasteiger partial charge in [-0.1, -0.05) is 60.1 Å². The summed E-state index contributed by atoms with van der Waals surface area (Å²) >= 11 is 5.92. The number of nitrogens with one attached hydrogen (secondary N) is 1. The van der Waals surface area contributed by atoms with Crippen molar-refractivity contribution in [3.63, 3.8) is 0 Å². The van der Waals surface area contributed by atoms with E-state index in [9.17, 15) is 13.5 Å². The molecule has 0 bridgehead atoms. The van der Waals surface area contributed by atoms with Gasteiger partial charge < -0.3 is 9.52 Å². The van der Waals surface area contributed by atoms with E-state index in [2.05, 4.69) is 9.71 Å². The minimum atomic E-state index is -4.19. The maximum absolute atomic E-state index is 13.1. The van der Waals surface area contributed by atoms with Gasteiger partial charge in [0.05, 0.1) is 5.69 Å². The number of phenols is 1. The Balaban J connectivity index is 1.85. The molecule has 146 valence electrons. The van der Waals surface area contributed by atoms with Crippen LogP contribution < -0.4 is 4.72 Å². The predicted octanol–water partition coefficient (Wildman–Crippen LogP) is 5.17. The second-order valence-electron chi connectivity index (χ2n) is 6.15. The van der Waals surface area contributed by atoms with E-state index in [1.165, 1.54) is 18.2 Å². The van der Waals surface area contributed by atoms with Gasteiger partial charge in [0.2, 0.25) is 10.9 Å². The van der Waals surface area contributed by atoms with Crippen molar-refractivity contribution in [3.05, 3.63) is 83.9 Å². The van der Waals surface area contributed by atoms with Crippen molar-refractivity contribution in [1.82, 2.24) is 4.98 Å². The number of aromatic nitrogens is 1. The Morgan fingerprint density at radius 1 is 0.897 bits per heavy atom. The number of hydrogen-bond acceptors (Lipinski definition) is 5. The first-order valence-electron chi connectivity index (χ1n) is 8.57. The molecule has 0 aliphatic carbocycles. The van der Waals surface area contributed by atoms with Crippen LogP contribution in [0.3, 0.4) is 0 Å². The minimum Gasteiger partial charge on any atom is -0.506 e. The van der Waals surface area contributed by atoms with Crippen molar-refractivity contribution in [2.24, 2.45) is 0 Å². The molecule has 4 aromatic rings. The molecule has 1 heterocycles. The molecule has 29 heavy (non-hydrogen) atoms. The Labute approximate surface area is 172 Å². The van der Waals surface area contributed by atoms with E-state index in [1.807, 2.05) is 12.1 Å². The molecular weight excluding hydrogens is 412 g/mol. The summed E-state index contributed by atoms with van der Waals surface area (Å²) in [6.45, 7) is 0. The van der Waals surface area contributed by atoms with Gasteiger partial charge in [-0.2, -0.15) is 13.4 Å². The van der Waals surface area contributed by atoms with Crippen molar-refractivity contribution in [2.45, 2.75) is 5.03 Å². The number of benzene rings is 3. The van der Waals surface area contributed by atoms with E-state index >= 15 is 0 Å². The highest BCUT2D eigenvalue weighted by Crippen LogP contribution is 2.35. The lowest BCUT2D eigenvalue weighted by molar-refractivity contribution is 0.477. The molecule has 0 radical (unpaired) electrons. The topological polar surface area (TPSA) is 92.4 Å². The van der Waals surface area contributed by atoms with Crippen LogP contribution in [0.4, 0.5) is 5.69 Å². The molecule has 4 rings (SSSR count). The summed E-state index contributed by atoms with van der Waals surface area (Å²) in [5.41, 5.74) is 1.13. The van der Waals surface area contributed by atoms with Gasteiger partial charge in [0, 0.05) is 16.1 Å². The van der Waals surface area contributed by atoms with Crippen LogP contribution in [0, 0.1) is 0 Å². The van der Waals surface area contributed by atoms with Gasteiger partial charge in [-0.25, -0.2) is 0 Å². The number of halogens is 1. The summed E-state index contributed by atoms with van der Waals surface area (Å²) in [5.74, 6) is 0.00429. The number of nitrogens with zero attached hydrogens (tertiary/aromatic N) is 1. The molecule has 0 unspecified atom stereocenters. The highest BCUT2D eigenvalue weighted by Gasteiger charge is 2.28. The summed E-state index contributed by atoms with van der Waals surface area (Å²) < 4.78 is 34.4. The molecule has 0 aliphatic heterocycles. The van der Waals surface area contributed by atoms with Crippen LogP contribution in [0.15, 0.2) is 88.3 Å². The number of rotatable bonds is 5. The third kappa shape index (κ3) is 3.96. The molecule has 3 aromatic carbocycles. The minimum absolute atomic E-state index is 0.0548. The van der Waals surface area contributed by atoms with Crippen LogP contribution >= 0.6 is 11.6 Å². The molecular formula is C21H15ClN2O4S. The Morgan fingerprint density at radius 3 is 2.17 bits per heavy atom. The third-order valence-corrected chi connectivity index (χ3v) is 5.62. The number of phenolic OH excluding ortho intramolecular Hbond substituents is 1. The van der Waals surface area contributed by atoms with Crippen LogP contribution in [0.25, 0.3) is 22.8 Å². The molecule has 0 aliphatic rings. The molecule has 0 saturated carbocycles. The highest BCUT2D eigenvalue weighted by atomic mass is 35.5. The van der Waals surface area contributed by atoms with Gasteiger partial charge in [0.15, 0.2) is 5.76 Å². The summed E-state index contributed by atoms with van der Waals surface area (Å²) in [4.78, 5) is 4.25. The lowest BCUT2D eigenvalue weighted by Gasteiger charge is -2.09. The van der Waals surface area contributed by atoms with Crippen molar-refractivity contribution in [2.75, 3.05) is 4.72 Å². The molecule has 0 fully saturated rings. The smallest absolute Gasteiger partial charge is 0.283 e. The first kappa shape index (κ1) is 19.0. The molecule has 0 saturated heterocycles. The monoisotopic (exact) mass is 426 g/mol. The Hall–Kier alpha value is -3.29. The fourth-order valence-corrected chi connectivity index (χ4v) is 4.08. The summed E-state index contributed by atoms with van der Waals surface area (Å²) in [7, 11) is -4.19. The molecule has 0 spiro atoms. The normalized spacial score (nSPS) is 11.3. The zero-order valence-corrected chi connectivity index (χ0v) is 16.5. The van der Waals surface area contributed by atoms with E-state index < -0.39 is 10.0 Å². The summed E-state index contributed by atoms with van der Waals surface area (Å²) in [5, 5.41) is 9.97. The Morgan fingerprint density at radius 2 is 1.52 bits per heavy atom. The largest absolute Gasteiger partial charge is 0.506 e. The van der Waals surface area contributed by atoms with E-state index in [0.717, 1.165) is 0 Å². The standard InChI is InChI=1S/C21H15ClN2O4S/c22-16-11-12-18(25)17(13-16)24-29(26,27)21-19(14-7-3-1-4-8-14)28-20(23-21)15-9-5-2-6-10-15/h1-13,24-25H. The van der Waals surface area contributed by atoms with Crippen LogP contribution in [0.1, 0.15) is 0 Å². The molecule has 8 heteroatoms. The zero-order chi connectivity index (χ0) is 20.4. The molecule has 1 aromatic heterocycles. The van der Waals surface area contributed by atoms with E-state index in [1.54, 1.807) is 48.5 Å². The maximum atomic E-state index is 13.1. The quantitative estimate of drug-likeness (QED) is 0.429. The van der Waals surface area contributed by atoms with Gasteiger partial charge in [0.1, 0.15) is 5.75 Å². The average molecular weight is 427 g/mol. The zero-order valence-electron chi connectivity index (χ0n) is 14.9. The number of anilines is 1. The molecule has 0 atom stereocenters. The Bertz CT molecular complexity index is 1260. The number of hydrogen-bond donors (Lipinski definition) is 2. The Kier molecular flexibility index (Phi) is 5.00. The lowest BCUT2D eigenvalue weighted by atomic mass is 10.2. The fraction of sp³-hybridized carbons (Fsp3) is 0. The second-order valence-corrected chi connectivity index (χ2v) is 8.19. The second kappa shape index (κ2) is 7.62. The van der Waals surface area contributed by atoms with Gasteiger partial charge in [-0.05, 0) is 30.3 Å². The van der Waals surface area contributed by atoms with E-state index in [4.69, 9.17) is 16.0 Å². The first-order valence-corrected chi connectivity index (χ1v) is 10.4. The fourth-order valence-electron chi connectivity index (χ4n) is 2.75. The average Bonchev–Trinajstić information content (AvgIpc) is 3.19. The third-order valence-electron chi connectivity index (χ3n) is 4.11. The molecule has 6 nitrogen and oxygen atoms in total. The van der Waals surface area contributed by atoms with Gasteiger partial charge >= 0.3 is 0 Å². The number of aromatic hydroxyl groups is 1. The van der Waals surface area contributed by atoms with Crippen LogP contribution in [-0.2, 0) is 10.0 Å². The van der Waals surface area contributed by atoms with Crippen LogP contribution in [0.5, 0.6) is 5.75 Å². The van der Waals surface area contributed by atoms with Crippen LogP contribution in [0.2, 0.25) is 5.02 Å². The number of oxazole rings is 1. The van der Waals surface area contributed by atoms with Crippen molar-refractivity contribution < 1.29 is 17.9 Å². The van der Waals surface area contributed by atoms with E-state index in [0.29, 0.717) is 11.1 Å². The van der Waals surface area contributed by atoms with Gasteiger partial charge in [0.25, 0.3) is 10.0 Å². The van der Waals surface area contributed by atoms with Crippen molar-refractivity contribution in [1.29, 1.82) is 0 Å². The SMILES string of the molecule is O=S(=O)(Nc1cc(Cl)ccc1O)c1nc(-c2ccccc2)oc1-c1ccccc1. The van der Waals surface area contributed by atoms with Crippen LogP contribution in [-0.4, -0.2) is 18.5 Å². The summed E-state index contributed by atoms with van der Waals surface area (Å²) in [6, 6.07) is 21.9. The molecule has 0 amide bonds. The highest BCUT2D eigenvalue weighted by molar-refractivity contribution is 7.92. The van der Waals surface area contributed by atoms with Crippen molar-refractivity contribution >= 4 is 27.3 Å². The van der Waals surface area contributed by atoms with Crippen molar-refractivity contribution in [3.8, 4) is 28.5 Å². The maximum Gasteiger partial charge on any atom is 0.283 e. The summed E-state index contributed by atoms with van der Waals surface area (Å²) in [6.07, 6.45) is 0. The van der Waals surface area contributed by atoms with E-state index in [-0.39, 0.29) is 33.1 Å². The first-order chi connectivity index (χ1) is 13.9. The lowest BCUT2D eigenvalue weighted by Crippen LogP contribution is -2.14. The predicted molar refractivity (Wildman–Crippen MR) is 111 cm³/mol. The van der Waals surface area contributed by atoms with Gasteiger partial charge in [-0.3, -0.25) is 4.72 Å². The number of sulfonamides is 1. The van der Waals surface area contributed by atoms with Gasteiger partial charge in [-0.15, -0.1) is 0 Å².